The van der Waals surface area contributed by atoms with Gasteiger partial charge in [0, 0.05) is 19.1 Å². The lowest BCUT2D eigenvalue weighted by molar-refractivity contribution is -0.172. The first kappa shape index (κ1) is 21.0. The van der Waals surface area contributed by atoms with Crippen LogP contribution in [-0.2, 0) is 20.9 Å². The van der Waals surface area contributed by atoms with E-state index in [2.05, 4.69) is 0 Å². The van der Waals surface area contributed by atoms with Gasteiger partial charge in [0.15, 0.2) is 6.10 Å². The van der Waals surface area contributed by atoms with Gasteiger partial charge in [-0.25, -0.2) is 0 Å². The highest BCUT2D eigenvalue weighted by molar-refractivity contribution is 5.86. The maximum Gasteiger partial charge on any atom is 0.254 e. The molecule has 0 aromatic heterocycles. The third-order valence-corrected chi connectivity index (χ3v) is 5.10. The number of aliphatic hydroxyl groups is 1. The zero-order valence-electron chi connectivity index (χ0n) is 16.9. The smallest absolute Gasteiger partial charge is 0.254 e. The van der Waals surface area contributed by atoms with Crippen molar-refractivity contribution >= 4 is 11.8 Å². The van der Waals surface area contributed by atoms with Crippen LogP contribution in [0.5, 0.6) is 0 Å². The van der Waals surface area contributed by atoms with Crippen LogP contribution in [0.15, 0.2) is 60.7 Å². The number of aliphatic hydroxyl groups excluding tert-OH is 1. The van der Waals surface area contributed by atoms with Gasteiger partial charge in [-0.05, 0) is 25.0 Å². The minimum atomic E-state index is -0.826. The van der Waals surface area contributed by atoms with E-state index in [1.54, 1.807) is 9.80 Å². The number of carbonyl (C=O) groups excluding carboxylic acids is 2. The maximum atomic E-state index is 13.5. The summed E-state index contributed by atoms with van der Waals surface area (Å²) in [6.45, 7) is 4.18. The Bertz CT molecular complexity index is 810. The summed E-state index contributed by atoms with van der Waals surface area (Å²) in [6.07, 6.45) is -0.826. The molecule has 3 rings (SSSR count). The molecule has 6 nitrogen and oxygen atoms in total. The van der Waals surface area contributed by atoms with Gasteiger partial charge in [0.1, 0.15) is 6.61 Å². The molecule has 1 saturated heterocycles. The van der Waals surface area contributed by atoms with Crippen molar-refractivity contribution in [3.63, 3.8) is 0 Å². The Kier molecular flexibility index (Phi) is 7.01. The molecule has 1 N–H and O–H groups in total. The largest absolute Gasteiger partial charge is 0.395 e. The highest BCUT2D eigenvalue weighted by Crippen LogP contribution is 2.33. The van der Waals surface area contributed by atoms with Crippen LogP contribution < -0.4 is 0 Å². The normalized spacial score (nSPS) is 19.4. The minimum absolute atomic E-state index is 0.0766. The van der Waals surface area contributed by atoms with Gasteiger partial charge in [-0.1, -0.05) is 60.7 Å². The summed E-state index contributed by atoms with van der Waals surface area (Å²) < 4.78 is 5.80. The van der Waals surface area contributed by atoms with Crippen LogP contribution in [0.3, 0.4) is 0 Å². The third kappa shape index (κ3) is 4.83. The van der Waals surface area contributed by atoms with Crippen LogP contribution in [0, 0.1) is 0 Å². The van der Waals surface area contributed by atoms with Crippen LogP contribution in [0.1, 0.15) is 31.0 Å². The lowest BCUT2D eigenvalue weighted by Crippen LogP contribution is -2.57. The van der Waals surface area contributed by atoms with Crippen molar-refractivity contribution < 1.29 is 19.4 Å². The first-order valence-corrected chi connectivity index (χ1v) is 9.94. The van der Waals surface area contributed by atoms with E-state index >= 15 is 0 Å². The van der Waals surface area contributed by atoms with Gasteiger partial charge < -0.3 is 19.6 Å². The molecule has 0 spiro atoms. The van der Waals surface area contributed by atoms with Crippen molar-refractivity contribution in [1.29, 1.82) is 0 Å². The number of carbonyl (C=O) groups is 2. The first-order valence-electron chi connectivity index (χ1n) is 9.94. The van der Waals surface area contributed by atoms with Crippen LogP contribution in [0.25, 0.3) is 0 Å². The topological polar surface area (TPSA) is 70.1 Å². The highest BCUT2D eigenvalue weighted by atomic mass is 16.5. The van der Waals surface area contributed by atoms with E-state index in [1.165, 1.54) is 0 Å². The molecular formula is C23H28N2O4. The number of benzene rings is 2. The average Bonchev–Trinajstić information content (AvgIpc) is 2.74. The van der Waals surface area contributed by atoms with Gasteiger partial charge in [0.25, 0.3) is 5.91 Å². The molecule has 0 aliphatic carbocycles. The third-order valence-electron chi connectivity index (χ3n) is 5.10. The van der Waals surface area contributed by atoms with E-state index in [4.69, 9.17) is 4.74 Å². The first-order chi connectivity index (χ1) is 14.0. The summed E-state index contributed by atoms with van der Waals surface area (Å²) in [6, 6.07) is 18.6. The molecule has 1 fully saturated rings. The molecule has 1 heterocycles. The molecule has 154 valence electrons. The van der Waals surface area contributed by atoms with Gasteiger partial charge >= 0.3 is 0 Å². The fourth-order valence-electron chi connectivity index (χ4n) is 3.80. The number of amides is 2. The van der Waals surface area contributed by atoms with Crippen molar-refractivity contribution in [2.24, 2.45) is 0 Å². The van der Waals surface area contributed by atoms with Gasteiger partial charge in [-0.15, -0.1) is 0 Å². The molecule has 2 amide bonds. The number of hydrogen-bond donors (Lipinski definition) is 1. The maximum absolute atomic E-state index is 13.5. The summed E-state index contributed by atoms with van der Waals surface area (Å²) in [4.78, 5) is 29.5. The minimum Gasteiger partial charge on any atom is -0.395 e. The van der Waals surface area contributed by atoms with E-state index in [9.17, 15) is 14.7 Å². The molecule has 29 heavy (non-hydrogen) atoms. The summed E-state index contributed by atoms with van der Waals surface area (Å²) in [5.41, 5.74) is 1.83. The zero-order valence-corrected chi connectivity index (χ0v) is 16.9. The van der Waals surface area contributed by atoms with Crippen molar-refractivity contribution in [3.8, 4) is 0 Å². The average molecular weight is 396 g/mol. The summed E-state index contributed by atoms with van der Waals surface area (Å²) >= 11 is 0. The van der Waals surface area contributed by atoms with E-state index in [-0.39, 0.29) is 37.6 Å². The Morgan fingerprint density at radius 2 is 1.76 bits per heavy atom. The Balaban J connectivity index is 1.93. The second kappa shape index (κ2) is 9.67. The lowest BCUT2D eigenvalue weighted by Gasteiger charge is -2.44. The second-order valence-corrected chi connectivity index (χ2v) is 7.45. The van der Waals surface area contributed by atoms with Crippen molar-refractivity contribution in [2.45, 2.75) is 38.6 Å². The Morgan fingerprint density at radius 3 is 2.34 bits per heavy atom. The predicted molar refractivity (Wildman–Crippen MR) is 110 cm³/mol. The van der Waals surface area contributed by atoms with Gasteiger partial charge in [0.2, 0.25) is 5.91 Å². The van der Waals surface area contributed by atoms with Gasteiger partial charge in [-0.2, -0.15) is 0 Å². The molecule has 0 radical (unpaired) electrons. The number of morpholine rings is 1. The summed E-state index contributed by atoms with van der Waals surface area (Å²) in [7, 11) is 0. The molecular weight excluding hydrogens is 368 g/mol. The van der Waals surface area contributed by atoms with Gasteiger partial charge in [-0.3, -0.25) is 9.59 Å². The fourth-order valence-corrected chi connectivity index (χ4v) is 3.80. The van der Waals surface area contributed by atoms with Crippen molar-refractivity contribution in [2.75, 3.05) is 19.8 Å². The Labute approximate surface area is 171 Å². The Morgan fingerprint density at radius 1 is 1.14 bits per heavy atom. The van der Waals surface area contributed by atoms with Crippen LogP contribution in [0.2, 0.25) is 0 Å². The van der Waals surface area contributed by atoms with E-state index in [1.807, 2.05) is 74.5 Å². The fraction of sp³-hybridized carbons (Fsp3) is 0.391. The van der Waals surface area contributed by atoms with Crippen molar-refractivity contribution in [3.05, 3.63) is 71.8 Å². The number of hydrogen-bond acceptors (Lipinski definition) is 4. The standard InChI is InChI=1S/C23H28N2O4/c1-17(2)25-20(27)16-29-22(21(25)19-11-7-4-8-12-19)23(28)24(13-14-26)15-18-9-5-3-6-10-18/h3-12,17,21-22,26H,13-16H2,1-2H3/t21-,22+/m1/s1. The highest BCUT2D eigenvalue weighted by Gasteiger charge is 2.44. The van der Waals surface area contributed by atoms with Crippen LogP contribution in [0.4, 0.5) is 0 Å². The summed E-state index contributed by atoms with van der Waals surface area (Å²) in [5, 5.41) is 9.53. The molecule has 0 bridgehead atoms. The van der Waals surface area contributed by atoms with E-state index in [0.29, 0.717) is 6.54 Å². The van der Waals surface area contributed by atoms with Crippen LogP contribution in [-0.4, -0.2) is 58.6 Å². The molecule has 0 unspecified atom stereocenters. The zero-order chi connectivity index (χ0) is 20.8. The van der Waals surface area contributed by atoms with E-state index < -0.39 is 12.1 Å². The molecule has 2 aromatic carbocycles. The summed E-state index contributed by atoms with van der Waals surface area (Å²) in [5.74, 6) is -0.357. The molecule has 1 aliphatic rings. The van der Waals surface area contributed by atoms with Crippen LogP contribution >= 0.6 is 0 Å². The number of ether oxygens (including phenoxy) is 1. The molecule has 0 saturated carbocycles. The molecule has 1 aliphatic heterocycles. The number of nitrogens with zero attached hydrogens (tertiary/aromatic N) is 2. The Hall–Kier alpha value is -2.70. The van der Waals surface area contributed by atoms with Crippen molar-refractivity contribution in [1.82, 2.24) is 9.80 Å². The van der Waals surface area contributed by atoms with Gasteiger partial charge in [0.05, 0.1) is 12.6 Å². The quantitative estimate of drug-likeness (QED) is 0.780. The SMILES string of the molecule is CC(C)N1C(=O)CO[C@H](C(=O)N(CCO)Cc2ccccc2)[C@H]1c1ccccc1. The number of rotatable bonds is 7. The van der Waals surface area contributed by atoms with E-state index in [0.717, 1.165) is 11.1 Å². The molecule has 2 aromatic rings. The second-order valence-electron chi connectivity index (χ2n) is 7.45. The predicted octanol–water partition coefficient (Wildman–Crippen LogP) is 2.38. The molecule has 6 heteroatoms. The molecule has 2 atom stereocenters. The monoisotopic (exact) mass is 396 g/mol. The lowest BCUT2D eigenvalue weighted by atomic mass is 9.95.